The minimum Gasteiger partial charge on any atom is -0.379 e. The lowest BCUT2D eigenvalue weighted by molar-refractivity contribution is -0.138. The number of ether oxygens (including phenoxy) is 1. The van der Waals surface area contributed by atoms with Crippen molar-refractivity contribution in [3.05, 3.63) is 36.0 Å². The van der Waals surface area contributed by atoms with Crippen molar-refractivity contribution in [1.82, 2.24) is 9.88 Å². The van der Waals surface area contributed by atoms with Gasteiger partial charge in [0.2, 0.25) is 5.91 Å². The molecule has 1 amide bonds. The zero-order valence-corrected chi connectivity index (χ0v) is 13.5. The number of carbonyl (C=O) groups excluding carboxylic acids is 1. The molecule has 1 aromatic carbocycles. The topological polar surface area (TPSA) is 45.3 Å². The van der Waals surface area contributed by atoms with E-state index in [9.17, 15) is 4.79 Å². The van der Waals surface area contributed by atoms with E-state index in [1.54, 1.807) is 0 Å². The summed E-state index contributed by atoms with van der Waals surface area (Å²) in [7, 11) is 0. The molecule has 4 nitrogen and oxygen atoms in total. The molecular formula is C19H24N2O2. The fourth-order valence-corrected chi connectivity index (χ4v) is 3.68. The first-order chi connectivity index (χ1) is 11.3. The van der Waals surface area contributed by atoms with Gasteiger partial charge in [-0.05, 0) is 48.4 Å². The normalized spacial score (nSPS) is 22.8. The number of fused-ring (bicyclic) bond motifs is 1. The molecule has 1 aromatic heterocycles. The number of hydrogen-bond acceptors (Lipinski definition) is 2. The molecule has 2 fully saturated rings. The van der Waals surface area contributed by atoms with Crippen molar-refractivity contribution in [2.75, 3.05) is 26.3 Å². The summed E-state index contributed by atoms with van der Waals surface area (Å²) < 4.78 is 5.76. The predicted molar refractivity (Wildman–Crippen MR) is 90.2 cm³/mol. The van der Waals surface area contributed by atoms with Gasteiger partial charge in [0.1, 0.15) is 0 Å². The molecule has 4 rings (SSSR count). The molecule has 4 heteroatoms. The molecule has 0 bridgehead atoms. The average Bonchev–Trinajstić information content (AvgIpc) is 2.83. The highest BCUT2D eigenvalue weighted by Gasteiger charge is 2.31. The van der Waals surface area contributed by atoms with E-state index in [0.29, 0.717) is 18.4 Å². The molecule has 2 aromatic rings. The van der Waals surface area contributed by atoms with Gasteiger partial charge in [-0.1, -0.05) is 12.5 Å². The van der Waals surface area contributed by atoms with Crippen LogP contribution in [0.4, 0.5) is 0 Å². The Bertz CT molecular complexity index is 689. The van der Waals surface area contributed by atoms with Crippen LogP contribution in [0.25, 0.3) is 10.9 Å². The number of hydrogen-bond donors (Lipinski definition) is 1. The summed E-state index contributed by atoms with van der Waals surface area (Å²) >= 11 is 0. The molecule has 0 radical (unpaired) electrons. The lowest BCUT2D eigenvalue weighted by atomic mass is 9.84. The number of H-pyrrole nitrogens is 1. The van der Waals surface area contributed by atoms with Crippen molar-refractivity contribution in [1.29, 1.82) is 0 Å². The van der Waals surface area contributed by atoms with E-state index in [4.69, 9.17) is 4.74 Å². The summed E-state index contributed by atoms with van der Waals surface area (Å²) in [4.78, 5) is 17.8. The number of benzene rings is 1. The number of nitrogens with one attached hydrogen (secondary N) is 1. The number of aromatic amines is 1. The van der Waals surface area contributed by atoms with Gasteiger partial charge < -0.3 is 14.6 Å². The summed E-state index contributed by atoms with van der Waals surface area (Å²) in [6, 6.07) is 8.67. The molecule has 2 aliphatic rings. The first-order valence-electron chi connectivity index (χ1n) is 8.72. The summed E-state index contributed by atoms with van der Waals surface area (Å²) in [5.74, 6) is 1.02. The highest BCUT2D eigenvalue weighted by atomic mass is 16.5. The zero-order chi connectivity index (χ0) is 15.6. The number of nitrogens with zero attached hydrogens (tertiary/aromatic N) is 1. The molecule has 122 valence electrons. The minimum atomic E-state index is 0.282. The Balaban J connectivity index is 1.45. The number of amides is 1. The van der Waals surface area contributed by atoms with Crippen LogP contribution in [-0.2, 0) is 16.0 Å². The SMILES string of the molecule is O=C(C1CCC1)N1CCOC[C@@H](Cc2ccc3[nH]ccc3c2)C1. The van der Waals surface area contributed by atoms with E-state index < -0.39 is 0 Å². The van der Waals surface area contributed by atoms with Gasteiger partial charge in [-0.3, -0.25) is 4.79 Å². The van der Waals surface area contributed by atoms with Gasteiger partial charge in [-0.15, -0.1) is 0 Å². The minimum absolute atomic E-state index is 0.282. The van der Waals surface area contributed by atoms with E-state index >= 15 is 0 Å². The molecule has 0 spiro atoms. The van der Waals surface area contributed by atoms with Gasteiger partial charge >= 0.3 is 0 Å². The standard InChI is InChI=1S/C19H24N2O2/c22-19(16-2-1-3-16)21-8-9-23-13-15(12-21)10-14-4-5-18-17(11-14)6-7-20-18/h4-7,11,15-16,20H,1-3,8-10,12-13H2/t15-/m0/s1. The molecule has 1 saturated heterocycles. The van der Waals surface area contributed by atoms with Crippen molar-refractivity contribution >= 4 is 16.8 Å². The molecule has 23 heavy (non-hydrogen) atoms. The Morgan fingerprint density at radius 1 is 1.30 bits per heavy atom. The van der Waals surface area contributed by atoms with E-state index in [1.165, 1.54) is 22.9 Å². The Hall–Kier alpha value is -1.81. The van der Waals surface area contributed by atoms with E-state index in [0.717, 1.165) is 39.0 Å². The van der Waals surface area contributed by atoms with E-state index in [2.05, 4.69) is 34.1 Å². The smallest absolute Gasteiger partial charge is 0.225 e. The maximum atomic E-state index is 12.5. The fraction of sp³-hybridized carbons (Fsp3) is 0.526. The van der Waals surface area contributed by atoms with Gasteiger partial charge in [0, 0.05) is 36.6 Å². The van der Waals surface area contributed by atoms with Crippen molar-refractivity contribution in [3.63, 3.8) is 0 Å². The molecule has 1 aliphatic heterocycles. The second-order valence-corrected chi connectivity index (χ2v) is 6.96. The first kappa shape index (κ1) is 14.8. The third-order valence-electron chi connectivity index (χ3n) is 5.25. The van der Waals surface area contributed by atoms with Crippen LogP contribution in [0.5, 0.6) is 0 Å². The second-order valence-electron chi connectivity index (χ2n) is 6.96. The van der Waals surface area contributed by atoms with Gasteiger partial charge in [0.15, 0.2) is 0 Å². The molecule has 1 aliphatic carbocycles. The van der Waals surface area contributed by atoms with Crippen LogP contribution < -0.4 is 0 Å². The van der Waals surface area contributed by atoms with Crippen molar-refractivity contribution < 1.29 is 9.53 Å². The van der Waals surface area contributed by atoms with Crippen LogP contribution >= 0.6 is 0 Å². The van der Waals surface area contributed by atoms with Crippen molar-refractivity contribution in [2.45, 2.75) is 25.7 Å². The molecule has 1 saturated carbocycles. The summed E-state index contributed by atoms with van der Waals surface area (Å²) in [5.41, 5.74) is 2.50. The molecule has 1 N–H and O–H groups in total. The Labute approximate surface area is 136 Å². The predicted octanol–water partition coefficient (Wildman–Crippen LogP) is 2.99. The quantitative estimate of drug-likeness (QED) is 0.947. The molecule has 0 unspecified atom stereocenters. The summed E-state index contributed by atoms with van der Waals surface area (Å²) in [6.07, 6.45) is 6.30. The van der Waals surface area contributed by atoms with Crippen LogP contribution in [-0.4, -0.2) is 42.1 Å². The molecule has 1 atom stereocenters. The monoisotopic (exact) mass is 312 g/mol. The maximum absolute atomic E-state index is 12.5. The van der Waals surface area contributed by atoms with Crippen LogP contribution in [0, 0.1) is 11.8 Å². The highest BCUT2D eigenvalue weighted by Crippen LogP contribution is 2.29. The van der Waals surface area contributed by atoms with Crippen molar-refractivity contribution in [3.8, 4) is 0 Å². The lowest BCUT2D eigenvalue weighted by Crippen LogP contribution is -2.42. The third-order valence-corrected chi connectivity index (χ3v) is 5.25. The zero-order valence-electron chi connectivity index (χ0n) is 13.5. The van der Waals surface area contributed by atoms with Crippen LogP contribution in [0.1, 0.15) is 24.8 Å². The largest absolute Gasteiger partial charge is 0.379 e. The number of rotatable bonds is 3. The Kier molecular flexibility index (Phi) is 4.08. The summed E-state index contributed by atoms with van der Waals surface area (Å²) in [5, 5.41) is 1.25. The average molecular weight is 312 g/mol. The van der Waals surface area contributed by atoms with E-state index in [1.807, 2.05) is 6.20 Å². The molecular weight excluding hydrogens is 288 g/mol. The van der Waals surface area contributed by atoms with Crippen molar-refractivity contribution in [2.24, 2.45) is 11.8 Å². The number of carbonyl (C=O) groups is 1. The van der Waals surface area contributed by atoms with E-state index in [-0.39, 0.29) is 5.92 Å². The first-order valence-corrected chi connectivity index (χ1v) is 8.72. The van der Waals surface area contributed by atoms with Crippen LogP contribution in [0.15, 0.2) is 30.5 Å². The maximum Gasteiger partial charge on any atom is 0.225 e. The van der Waals surface area contributed by atoms with Gasteiger partial charge in [-0.25, -0.2) is 0 Å². The van der Waals surface area contributed by atoms with Crippen LogP contribution in [0.2, 0.25) is 0 Å². The third kappa shape index (κ3) is 3.13. The van der Waals surface area contributed by atoms with Gasteiger partial charge in [0.25, 0.3) is 0 Å². The van der Waals surface area contributed by atoms with Gasteiger partial charge in [0.05, 0.1) is 13.2 Å². The molecule has 2 heterocycles. The Morgan fingerprint density at radius 2 is 2.22 bits per heavy atom. The number of aromatic nitrogens is 1. The fourth-order valence-electron chi connectivity index (χ4n) is 3.68. The van der Waals surface area contributed by atoms with Gasteiger partial charge in [-0.2, -0.15) is 0 Å². The highest BCUT2D eigenvalue weighted by molar-refractivity contribution is 5.80. The Morgan fingerprint density at radius 3 is 3.04 bits per heavy atom. The second kappa shape index (κ2) is 6.36. The summed E-state index contributed by atoms with van der Waals surface area (Å²) in [6.45, 7) is 3.01. The van der Waals surface area contributed by atoms with Crippen LogP contribution in [0.3, 0.4) is 0 Å². The lowest BCUT2D eigenvalue weighted by Gasteiger charge is -2.32.